The molecule has 280 valence electrons. The number of allylic oxidation sites excluding steroid dienone is 4. The van der Waals surface area contributed by atoms with Gasteiger partial charge in [0.1, 0.15) is 22.3 Å². The Bertz CT molecular complexity index is 3720. The standard InChI is InChI=1S/C58H36O2/c1-2-16-35(17-3-1)53-38-18-4-6-20-40(38)54(41-21-7-5-19-39(41)53)36-32-33-37-46-27-14-29-49(58(46)60-52(37)34-36)56-44-24-10-8-22-42(44)55(43-23-9-11-25-45(43)56)48-28-15-31-51-57(48)47-26-12-13-30-50(47)59-51/h1-34,42,44H. The van der Waals surface area contributed by atoms with Crippen LogP contribution in [0.1, 0.15) is 11.1 Å². The van der Waals surface area contributed by atoms with Crippen LogP contribution in [0.4, 0.5) is 0 Å². The lowest BCUT2D eigenvalue weighted by Crippen LogP contribution is -2.40. The second kappa shape index (κ2) is 12.9. The van der Waals surface area contributed by atoms with Crippen LogP contribution in [-0.4, -0.2) is 0 Å². The average molecular weight is 765 g/mol. The van der Waals surface area contributed by atoms with E-state index in [0.29, 0.717) is 0 Å². The Hall–Kier alpha value is -7.68. The Morgan fingerprint density at radius 1 is 0.333 bits per heavy atom. The number of rotatable bonds is 4. The Morgan fingerprint density at radius 3 is 1.57 bits per heavy atom. The van der Waals surface area contributed by atoms with Gasteiger partial charge in [0.2, 0.25) is 0 Å². The van der Waals surface area contributed by atoms with Crippen LogP contribution >= 0.6 is 0 Å². The van der Waals surface area contributed by atoms with Crippen molar-refractivity contribution in [3.63, 3.8) is 0 Å². The van der Waals surface area contributed by atoms with Gasteiger partial charge in [0, 0.05) is 38.9 Å². The Kier molecular flexibility index (Phi) is 7.17. The summed E-state index contributed by atoms with van der Waals surface area (Å²) in [5.41, 5.74) is 13.5. The van der Waals surface area contributed by atoms with Crippen molar-refractivity contribution in [3.05, 3.63) is 228 Å². The second-order valence-electron chi connectivity index (χ2n) is 16.2. The van der Waals surface area contributed by atoms with Gasteiger partial charge in [-0.25, -0.2) is 0 Å². The SMILES string of the molecule is C1=CC2C(c3cccc4c3oc3cc(-c5c6ccccc6c(-c6ccccc6)c6ccccc56)ccc34)=c3ccccc3=C(c3cccc4oc5ccccc5c34)C2C=C1. The molecule has 0 aliphatic heterocycles. The van der Waals surface area contributed by atoms with Gasteiger partial charge >= 0.3 is 0 Å². The molecule has 13 rings (SSSR count). The Balaban J connectivity index is 1.06. The first-order chi connectivity index (χ1) is 29.8. The topological polar surface area (TPSA) is 26.3 Å². The first-order valence-electron chi connectivity index (χ1n) is 20.8. The lowest BCUT2D eigenvalue weighted by atomic mass is 9.69. The molecule has 9 aromatic carbocycles. The van der Waals surface area contributed by atoms with Gasteiger partial charge in [0.05, 0.1) is 0 Å². The maximum atomic E-state index is 7.14. The van der Waals surface area contributed by atoms with E-state index in [2.05, 4.69) is 200 Å². The molecule has 0 saturated carbocycles. The van der Waals surface area contributed by atoms with Crippen molar-refractivity contribution in [2.75, 3.05) is 0 Å². The van der Waals surface area contributed by atoms with Crippen molar-refractivity contribution in [1.29, 1.82) is 0 Å². The van der Waals surface area contributed by atoms with E-state index >= 15 is 0 Å². The van der Waals surface area contributed by atoms with E-state index in [4.69, 9.17) is 8.83 Å². The van der Waals surface area contributed by atoms with E-state index in [1.165, 1.54) is 70.8 Å². The van der Waals surface area contributed by atoms with E-state index in [1.807, 2.05) is 6.07 Å². The summed E-state index contributed by atoms with van der Waals surface area (Å²) in [5.74, 6) is 0.217. The third kappa shape index (κ3) is 4.76. The molecular weight excluding hydrogens is 729 g/mol. The molecule has 0 saturated heterocycles. The van der Waals surface area contributed by atoms with E-state index in [9.17, 15) is 0 Å². The molecule has 0 radical (unpaired) electrons. The third-order valence-corrected chi connectivity index (χ3v) is 13.1. The van der Waals surface area contributed by atoms with Gasteiger partial charge in [0.15, 0.2) is 0 Å². The molecule has 60 heavy (non-hydrogen) atoms. The molecule has 0 bridgehead atoms. The van der Waals surface area contributed by atoms with Crippen molar-refractivity contribution in [2.24, 2.45) is 11.8 Å². The van der Waals surface area contributed by atoms with Gasteiger partial charge in [-0.15, -0.1) is 0 Å². The number of fused-ring (bicyclic) bond motifs is 10. The minimum Gasteiger partial charge on any atom is -0.456 e. The molecule has 0 spiro atoms. The molecule has 0 amide bonds. The third-order valence-electron chi connectivity index (χ3n) is 13.1. The normalized spacial score (nSPS) is 16.1. The minimum absolute atomic E-state index is 0.101. The van der Waals surface area contributed by atoms with E-state index in [-0.39, 0.29) is 11.8 Å². The van der Waals surface area contributed by atoms with E-state index in [0.717, 1.165) is 49.6 Å². The van der Waals surface area contributed by atoms with Gasteiger partial charge in [-0.05, 0) is 95.2 Å². The zero-order chi connectivity index (χ0) is 39.3. The van der Waals surface area contributed by atoms with Crippen molar-refractivity contribution in [2.45, 2.75) is 0 Å². The summed E-state index contributed by atoms with van der Waals surface area (Å²) in [5, 5.41) is 12.0. The molecule has 2 aliphatic rings. The maximum absolute atomic E-state index is 7.14. The monoisotopic (exact) mass is 764 g/mol. The quantitative estimate of drug-likeness (QED) is 0.167. The molecule has 2 atom stereocenters. The first kappa shape index (κ1) is 33.3. The molecule has 2 aromatic heterocycles. The van der Waals surface area contributed by atoms with Crippen LogP contribution in [-0.2, 0) is 0 Å². The van der Waals surface area contributed by atoms with Gasteiger partial charge in [-0.3, -0.25) is 0 Å². The molecular formula is C58H36O2. The van der Waals surface area contributed by atoms with E-state index in [1.54, 1.807) is 0 Å². The van der Waals surface area contributed by atoms with Crippen molar-refractivity contribution in [1.82, 2.24) is 0 Å². The minimum atomic E-state index is 0.101. The second-order valence-corrected chi connectivity index (χ2v) is 16.2. The fourth-order valence-corrected chi connectivity index (χ4v) is 10.6. The summed E-state index contributed by atoms with van der Waals surface area (Å²) >= 11 is 0. The molecule has 0 fully saturated rings. The summed E-state index contributed by atoms with van der Waals surface area (Å²) in [6.45, 7) is 0. The van der Waals surface area contributed by atoms with Crippen LogP contribution in [0.15, 0.2) is 215 Å². The highest BCUT2D eigenvalue weighted by atomic mass is 16.3. The molecule has 0 N–H and O–H groups in total. The lowest BCUT2D eigenvalue weighted by molar-refractivity contribution is 0.659. The van der Waals surface area contributed by atoms with Crippen LogP contribution in [0, 0.1) is 11.8 Å². The Labute approximate surface area is 345 Å². The number of furan rings is 2. The van der Waals surface area contributed by atoms with Crippen molar-refractivity contribution in [3.8, 4) is 22.3 Å². The van der Waals surface area contributed by atoms with Crippen LogP contribution < -0.4 is 10.4 Å². The summed E-state index contributed by atoms with van der Waals surface area (Å²) in [6, 6.07) is 65.8. The summed E-state index contributed by atoms with van der Waals surface area (Å²) in [7, 11) is 0. The molecule has 2 unspecified atom stereocenters. The highest BCUT2D eigenvalue weighted by molar-refractivity contribution is 6.22. The number of hydrogen-bond acceptors (Lipinski definition) is 2. The van der Waals surface area contributed by atoms with E-state index < -0.39 is 0 Å². The van der Waals surface area contributed by atoms with Crippen LogP contribution in [0.5, 0.6) is 0 Å². The molecule has 2 aliphatic carbocycles. The fraction of sp³-hybridized carbons (Fsp3) is 0.0345. The van der Waals surface area contributed by atoms with Crippen LogP contribution in [0.3, 0.4) is 0 Å². The predicted octanol–water partition coefficient (Wildman–Crippen LogP) is 13.9. The van der Waals surface area contributed by atoms with Crippen LogP contribution in [0.25, 0.3) is 98.8 Å². The highest BCUT2D eigenvalue weighted by Crippen LogP contribution is 2.47. The molecule has 2 heterocycles. The zero-order valence-electron chi connectivity index (χ0n) is 32.6. The molecule has 2 nitrogen and oxygen atoms in total. The van der Waals surface area contributed by atoms with Gasteiger partial charge in [0.25, 0.3) is 0 Å². The number of hydrogen-bond donors (Lipinski definition) is 0. The largest absolute Gasteiger partial charge is 0.456 e. The van der Waals surface area contributed by atoms with Gasteiger partial charge in [-0.1, -0.05) is 182 Å². The van der Waals surface area contributed by atoms with Gasteiger partial charge in [-0.2, -0.15) is 0 Å². The maximum Gasteiger partial charge on any atom is 0.142 e. The zero-order valence-corrected chi connectivity index (χ0v) is 32.6. The van der Waals surface area contributed by atoms with Crippen molar-refractivity contribution < 1.29 is 8.83 Å². The van der Waals surface area contributed by atoms with Gasteiger partial charge < -0.3 is 8.83 Å². The molecule has 2 heteroatoms. The smallest absolute Gasteiger partial charge is 0.142 e. The number of benzene rings is 9. The Morgan fingerprint density at radius 2 is 0.867 bits per heavy atom. The van der Waals surface area contributed by atoms with Crippen LogP contribution in [0.2, 0.25) is 0 Å². The molecule has 11 aromatic rings. The first-order valence-corrected chi connectivity index (χ1v) is 20.8. The lowest BCUT2D eigenvalue weighted by Gasteiger charge is -2.33. The summed E-state index contributed by atoms with van der Waals surface area (Å²) in [4.78, 5) is 0. The number of para-hydroxylation sites is 2. The predicted molar refractivity (Wildman–Crippen MR) is 249 cm³/mol. The summed E-state index contributed by atoms with van der Waals surface area (Å²) < 4.78 is 13.6. The summed E-state index contributed by atoms with van der Waals surface area (Å²) in [6.07, 6.45) is 9.20. The van der Waals surface area contributed by atoms with Crippen molar-refractivity contribution >= 4 is 76.6 Å². The average Bonchev–Trinajstić information content (AvgIpc) is 3.89. The fourth-order valence-electron chi connectivity index (χ4n) is 10.6. The highest BCUT2D eigenvalue weighted by Gasteiger charge is 2.34.